The minimum atomic E-state index is -1.40. The lowest BCUT2D eigenvalue weighted by atomic mass is 10.2. The molecule has 4 heteroatoms. The molecule has 0 rings (SSSR count). The topological polar surface area (TPSA) is 18.5 Å². The van der Waals surface area contributed by atoms with Crippen molar-refractivity contribution in [2.45, 2.75) is 71.9 Å². The Kier molecular flexibility index (Phi) is 8.68. The van der Waals surface area contributed by atoms with Gasteiger partial charge < -0.3 is 8.85 Å². The monoisotopic (exact) mass is 290 g/mol. The molecule has 0 heterocycles. The summed E-state index contributed by atoms with van der Waals surface area (Å²) in [5, 5.41) is 0. The van der Waals surface area contributed by atoms with Crippen molar-refractivity contribution in [3.8, 4) is 0 Å². The first-order valence-electron chi connectivity index (χ1n) is 7.62. The van der Waals surface area contributed by atoms with E-state index in [1.165, 1.54) is 24.2 Å². The van der Waals surface area contributed by atoms with E-state index in [1.54, 1.807) is 0 Å². The second kappa shape index (κ2) is 8.51. The first kappa shape index (κ1) is 18.4. The fourth-order valence-corrected chi connectivity index (χ4v) is 4.83. The highest BCUT2D eigenvalue weighted by atomic mass is 28.4. The molecule has 0 N–H and O–H groups in total. The van der Waals surface area contributed by atoms with Crippen molar-refractivity contribution in [1.29, 1.82) is 0 Å². The van der Waals surface area contributed by atoms with Gasteiger partial charge in [-0.3, -0.25) is 0 Å². The molecule has 0 aliphatic heterocycles. The van der Waals surface area contributed by atoms with Gasteiger partial charge in [-0.15, -0.1) is 0 Å². The molecule has 2 nitrogen and oxygen atoms in total. The lowest BCUT2D eigenvalue weighted by Crippen LogP contribution is -2.37. The predicted molar refractivity (Wildman–Crippen MR) is 86.2 cm³/mol. The molecule has 0 aromatic carbocycles. The van der Waals surface area contributed by atoms with Gasteiger partial charge in [0.25, 0.3) is 0 Å². The van der Waals surface area contributed by atoms with E-state index in [1.807, 2.05) is 0 Å². The maximum absolute atomic E-state index is 6.20. The van der Waals surface area contributed by atoms with Crippen molar-refractivity contribution in [3.05, 3.63) is 0 Å². The SMILES string of the molecule is CC[Si](C)(CC)OCC(C)CO[Si](C)(CC)CC. The van der Waals surface area contributed by atoms with Gasteiger partial charge in [-0.25, -0.2) is 0 Å². The maximum Gasteiger partial charge on any atom is 0.189 e. The molecule has 0 unspecified atom stereocenters. The fourth-order valence-electron chi connectivity index (χ4n) is 1.64. The van der Waals surface area contributed by atoms with Gasteiger partial charge in [0.15, 0.2) is 16.6 Å². The van der Waals surface area contributed by atoms with Crippen LogP contribution >= 0.6 is 0 Å². The summed E-state index contributed by atoms with van der Waals surface area (Å²) in [4.78, 5) is 0. The minimum Gasteiger partial charge on any atom is -0.417 e. The molecule has 0 atom stereocenters. The van der Waals surface area contributed by atoms with Crippen LogP contribution in [-0.4, -0.2) is 29.8 Å². The Labute approximate surface area is 117 Å². The summed E-state index contributed by atoms with van der Waals surface area (Å²) in [6.07, 6.45) is 0. The van der Waals surface area contributed by atoms with Crippen LogP contribution in [0.25, 0.3) is 0 Å². The Hall–Kier alpha value is 0.354. The molecule has 0 aliphatic rings. The van der Waals surface area contributed by atoms with E-state index < -0.39 is 16.6 Å². The zero-order chi connectivity index (χ0) is 14.2. The standard InChI is InChI=1S/C14H34O2Si2/c1-8-17(6,9-2)15-12-14(5)13-16-18(7,10-3)11-4/h14H,8-13H2,1-7H3. The normalized spacial score (nSPS) is 13.3. The molecular weight excluding hydrogens is 256 g/mol. The summed E-state index contributed by atoms with van der Waals surface area (Å²) in [7, 11) is -2.79. The van der Waals surface area contributed by atoms with Crippen molar-refractivity contribution in [3.63, 3.8) is 0 Å². The van der Waals surface area contributed by atoms with Crippen LogP contribution in [-0.2, 0) is 8.85 Å². The van der Waals surface area contributed by atoms with Gasteiger partial charge in [0.05, 0.1) is 0 Å². The van der Waals surface area contributed by atoms with Crippen LogP contribution in [0.3, 0.4) is 0 Å². The number of hydrogen-bond acceptors (Lipinski definition) is 2. The van der Waals surface area contributed by atoms with Gasteiger partial charge >= 0.3 is 0 Å². The first-order valence-corrected chi connectivity index (χ1v) is 13.3. The lowest BCUT2D eigenvalue weighted by Gasteiger charge is -2.29. The van der Waals surface area contributed by atoms with E-state index >= 15 is 0 Å². The van der Waals surface area contributed by atoms with Crippen LogP contribution in [0.5, 0.6) is 0 Å². The van der Waals surface area contributed by atoms with Crippen LogP contribution in [0.1, 0.15) is 34.6 Å². The van der Waals surface area contributed by atoms with Crippen LogP contribution in [0, 0.1) is 5.92 Å². The molecule has 0 aromatic rings. The minimum absolute atomic E-state index is 0.528. The molecule has 0 radical (unpaired) electrons. The summed E-state index contributed by atoms with van der Waals surface area (Å²) in [6.45, 7) is 17.7. The van der Waals surface area contributed by atoms with E-state index in [4.69, 9.17) is 8.85 Å². The van der Waals surface area contributed by atoms with Crippen molar-refractivity contribution in [2.24, 2.45) is 5.92 Å². The van der Waals surface area contributed by atoms with Crippen LogP contribution < -0.4 is 0 Å². The van der Waals surface area contributed by atoms with Gasteiger partial charge in [-0.2, -0.15) is 0 Å². The van der Waals surface area contributed by atoms with E-state index in [9.17, 15) is 0 Å². The molecule has 110 valence electrons. The Morgan fingerprint density at radius 3 is 1.22 bits per heavy atom. The zero-order valence-electron chi connectivity index (χ0n) is 13.6. The molecular formula is C14H34O2Si2. The molecule has 0 saturated heterocycles. The van der Waals surface area contributed by atoms with E-state index in [2.05, 4.69) is 47.7 Å². The summed E-state index contributed by atoms with van der Waals surface area (Å²) in [6, 6.07) is 4.86. The summed E-state index contributed by atoms with van der Waals surface area (Å²) >= 11 is 0. The molecule has 0 aliphatic carbocycles. The molecule has 18 heavy (non-hydrogen) atoms. The van der Waals surface area contributed by atoms with Crippen LogP contribution in [0.4, 0.5) is 0 Å². The first-order chi connectivity index (χ1) is 8.34. The second-order valence-corrected chi connectivity index (χ2v) is 15.2. The van der Waals surface area contributed by atoms with Crippen LogP contribution in [0.15, 0.2) is 0 Å². The van der Waals surface area contributed by atoms with E-state index in [0.717, 1.165) is 13.2 Å². The number of rotatable bonds is 10. The Balaban J connectivity index is 4.02. The van der Waals surface area contributed by atoms with E-state index in [-0.39, 0.29) is 0 Å². The number of hydrogen-bond donors (Lipinski definition) is 0. The van der Waals surface area contributed by atoms with Crippen molar-refractivity contribution >= 4 is 16.6 Å². The molecule has 0 aromatic heterocycles. The average molecular weight is 291 g/mol. The molecule has 0 fully saturated rings. The molecule has 0 amide bonds. The highest BCUT2D eigenvalue weighted by molar-refractivity contribution is 6.72. The highest BCUT2D eigenvalue weighted by Crippen LogP contribution is 2.20. The van der Waals surface area contributed by atoms with Gasteiger partial charge in [-0.1, -0.05) is 34.6 Å². The van der Waals surface area contributed by atoms with Crippen molar-refractivity contribution in [2.75, 3.05) is 13.2 Å². The van der Waals surface area contributed by atoms with Crippen molar-refractivity contribution < 1.29 is 8.85 Å². The molecule has 0 spiro atoms. The van der Waals surface area contributed by atoms with Crippen molar-refractivity contribution in [1.82, 2.24) is 0 Å². The van der Waals surface area contributed by atoms with Gasteiger partial charge in [-0.05, 0) is 37.3 Å². The maximum atomic E-state index is 6.20. The van der Waals surface area contributed by atoms with Gasteiger partial charge in [0.1, 0.15) is 0 Å². The second-order valence-electron chi connectivity index (χ2n) is 6.04. The lowest BCUT2D eigenvalue weighted by molar-refractivity contribution is 0.176. The summed E-state index contributed by atoms with van der Waals surface area (Å²) in [5.74, 6) is 0.528. The molecule has 0 bridgehead atoms. The smallest absolute Gasteiger partial charge is 0.189 e. The third-order valence-electron chi connectivity index (χ3n) is 4.42. The van der Waals surface area contributed by atoms with Gasteiger partial charge in [0, 0.05) is 19.1 Å². The Morgan fingerprint density at radius 1 is 0.722 bits per heavy atom. The average Bonchev–Trinajstić information content (AvgIpc) is 2.42. The molecule has 0 saturated carbocycles. The van der Waals surface area contributed by atoms with E-state index in [0.29, 0.717) is 5.92 Å². The van der Waals surface area contributed by atoms with Crippen LogP contribution in [0.2, 0.25) is 37.3 Å². The third-order valence-corrected chi connectivity index (χ3v) is 12.1. The largest absolute Gasteiger partial charge is 0.417 e. The highest BCUT2D eigenvalue weighted by Gasteiger charge is 2.27. The Morgan fingerprint density at radius 2 is 1.00 bits per heavy atom. The zero-order valence-corrected chi connectivity index (χ0v) is 15.6. The predicted octanol–water partition coefficient (Wildman–Crippen LogP) is 4.89. The quantitative estimate of drug-likeness (QED) is 0.534. The summed E-state index contributed by atoms with van der Waals surface area (Å²) < 4.78 is 12.4. The fraction of sp³-hybridized carbons (Fsp3) is 1.00. The Bertz CT molecular complexity index is 192. The summed E-state index contributed by atoms with van der Waals surface area (Å²) in [5.41, 5.74) is 0. The van der Waals surface area contributed by atoms with Gasteiger partial charge in [0.2, 0.25) is 0 Å². The third kappa shape index (κ3) is 6.50.